The highest BCUT2D eigenvalue weighted by Gasteiger charge is 2.46. The summed E-state index contributed by atoms with van der Waals surface area (Å²) in [6.45, 7) is -1.67. The number of alkyl halides is 2. The molecule has 3 aromatic rings. The van der Waals surface area contributed by atoms with Gasteiger partial charge in [-0.2, -0.15) is 0 Å². The lowest BCUT2D eigenvalue weighted by Crippen LogP contribution is -2.59. The van der Waals surface area contributed by atoms with Gasteiger partial charge < -0.3 is 4.90 Å². The van der Waals surface area contributed by atoms with E-state index in [1.54, 1.807) is 5.38 Å². The van der Waals surface area contributed by atoms with Crippen molar-refractivity contribution in [1.82, 2.24) is 14.5 Å². The average molecular weight is 414 g/mol. The fourth-order valence-corrected chi connectivity index (χ4v) is 4.04. The lowest BCUT2D eigenvalue weighted by Gasteiger charge is -2.38. The fraction of sp³-hybridized carbons (Fsp3) is 0.235. The van der Waals surface area contributed by atoms with E-state index in [4.69, 9.17) is 11.6 Å². The predicted molar refractivity (Wildman–Crippen MR) is 95.8 cm³/mol. The van der Waals surface area contributed by atoms with Crippen LogP contribution in [0.15, 0.2) is 34.7 Å². The Bertz CT molecular complexity index is 1120. The summed E-state index contributed by atoms with van der Waals surface area (Å²) in [7, 11) is 0. The second-order valence-corrected chi connectivity index (χ2v) is 7.52. The van der Waals surface area contributed by atoms with Crippen molar-refractivity contribution in [3.05, 3.63) is 51.1 Å². The molecule has 0 bridgehead atoms. The van der Waals surface area contributed by atoms with Gasteiger partial charge >= 0.3 is 0 Å². The zero-order valence-electron chi connectivity index (χ0n) is 13.6. The maximum absolute atomic E-state index is 13.4. The van der Waals surface area contributed by atoms with Crippen molar-refractivity contribution in [2.24, 2.45) is 0 Å². The lowest BCUT2D eigenvalue weighted by atomic mass is 10.1. The largest absolute Gasteiger partial charge is 0.329 e. The Morgan fingerprint density at radius 1 is 1.33 bits per heavy atom. The molecule has 140 valence electrons. The summed E-state index contributed by atoms with van der Waals surface area (Å²) >= 11 is 7.06. The fourth-order valence-electron chi connectivity index (χ4n) is 2.88. The summed E-state index contributed by atoms with van der Waals surface area (Å²) in [6, 6.07) is 4.11. The topological polar surface area (TPSA) is 55.2 Å². The van der Waals surface area contributed by atoms with Gasteiger partial charge in [-0.1, -0.05) is 17.7 Å². The summed E-state index contributed by atoms with van der Waals surface area (Å²) in [5, 5.41) is 1.87. The molecule has 1 saturated heterocycles. The van der Waals surface area contributed by atoms with E-state index >= 15 is 0 Å². The Balaban J connectivity index is 1.70. The molecule has 0 saturated carbocycles. The first-order valence-electron chi connectivity index (χ1n) is 7.83. The Morgan fingerprint density at radius 3 is 2.74 bits per heavy atom. The third-order valence-electron chi connectivity index (χ3n) is 4.27. The van der Waals surface area contributed by atoms with E-state index in [-0.39, 0.29) is 17.0 Å². The molecule has 3 heterocycles. The van der Waals surface area contributed by atoms with E-state index in [1.807, 2.05) is 0 Å². The number of rotatable bonds is 3. The number of carbonyl (C=O) groups is 1. The first kappa shape index (κ1) is 18.0. The molecule has 1 aliphatic rings. The molecule has 0 radical (unpaired) electrons. The molecule has 0 atom stereocenters. The van der Waals surface area contributed by atoms with Crippen LogP contribution in [0.2, 0.25) is 5.02 Å². The zero-order valence-corrected chi connectivity index (χ0v) is 15.2. The minimum Gasteiger partial charge on any atom is -0.329 e. The number of amides is 1. The van der Waals surface area contributed by atoms with Crippen LogP contribution >= 0.6 is 22.9 Å². The van der Waals surface area contributed by atoms with Gasteiger partial charge in [-0.15, -0.1) is 11.3 Å². The summed E-state index contributed by atoms with van der Waals surface area (Å²) in [5.74, 6) is -4.02. The SMILES string of the molecule is O=C(Cn1cnc2csc(-c3ccc(F)c(Cl)c3)c2c1=O)N1CC(F)(F)C1. The van der Waals surface area contributed by atoms with Crippen LogP contribution in [0.1, 0.15) is 0 Å². The van der Waals surface area contributed by atoms with Crippen LogP contribution < -0.4 is 5.56 Å². The minimum atomic E-state index is -2.87. The molecular formula is C17H11ClF3N3O2S. The Kier molecular flexibility index (Phi) is 4.23. The number of benzene rings is 1. The molecule has 4 rings (SSSR count). The Labute approximate surface area is 159 Å². The van der Waals surface area contributed by atoms with Gasteiger partial charge in [0.15, 0.2) is 0 Å². The van der Waals surface area contributed by atoms with Crippen LogP contribution in [0.5, 0.6) is 0 Å². The number of thiophene rings is 1. The van der Waals surface area contributed by atoms with Gasteiger partial charge in [0.05, 0.1) is 35.3 Å². The van der Waals surface area contributed by atoms with E-state index in [1.165, 1.54) is 35.9 Å². The molecule has 10 heteroatoms. The molecular weight excluding hydrogens is 403 g/mol. The number of likely N-dealkylation sites (tertiary alicyclic amines) is 1. The summed E-state index contributed by atoms with van der Waals surface area (Å²) in [6.07, 6.45) is 1.22. The van der Waals surface area contributed by atoms with E-state index in [9.17, 15) is 22.8 Å². The first-order chi connectivity index (χ1) is 12.7. The number of carbonyl (C=O) groups excluding carboxylic acids is 1. The van der Waals surface area contributed by atoms with Gasteiger partial charge in [-0.25, -0.2) is 18.2 Å². The van der Waals surface area contributed by atoms with Crippen molar-refractivity contribution in [2.45, 2.75) is 12.5 Å². The van der Waals surface area contributed by atoms with Gasteiger partial charge in [0.1, 0.15) is 12.4 Å². The smallest absolute Gasteiger partial charge is 0.282 e. The van der Waals surface area contributed by atoms with Crippen LogP contribution in [-0.4, -0.2) is 39.4 Å². The van der Waals surface area contributed by atoms with E-state index < -0.39 is 36.3 Å². The normalized spacial score (nSPS) is 15.8. The molecule has 27 heavy (non-hydrogen) atoms. The molecule has 1 aromatic carbocycles. The molecule has 0 unspecified atom stereocenters. The summed E-state index contributed by atoms with van der Waals surface area (Å²) < 4.78 is 40.3. The van der Waals surface area contributed by atoms with Gasteiger partial charge in [0.2, 0.25) is 5.91 Å². The Hall–Kier alpha value is -2.39. The number of halogens is 4. The molecule has 2 aromatic heterocycles. The minimum absolute atomic E-state index is 0.0767. The average Bonchev–Trinajstić information content (AvgIpc) is 3.02. The third kappa shape index (κ3) is 3.21. The molecule has 0 spiro atoms. The number of fused-ring (bicyclic) bond motifs is 1. The molecule has 1 aliphatic heterocycles. The van der Waals surface area contributed by atoms with Gasteiger partial charge in [-0.05, 0) is 17.7 Å². The number of hydrogen-bond acceptors (Lipinski definition) is 4. The zero-order chi connectivity index (χ0) is 19.3. The quantitative estimate of drug-likeness (QED) is 0.661. The maximum atomic E-state index is 13.4. The van der Waals surface area contributed by atoms with Gasteiger partial charge in [0, 0.05) is 10.3 Å². The van der Waals surface area contributed by atoms with Crippen LogP contribution in [0, 0.1) is 5.82 Å². The van der Waals surface area contributed by atoms with Crippen LogP contribution in [0.3, 0.4) is 0 Å². The summed E-state index contributed by atoms with van der Waals surface area (Å²) in [5.41, 5.74) is 0.503. The number of aromatic nitrogens is 2. The highest BCUT2D eigenvalue weighted by atomic mass is 35.5. The second-order valence-electron chi connectivity index (χ2n) is 6.24. The highest BCUT2D eigenvalue weighted by molar-refractivity contribution is 7.15. The van der Waals surface area contributed by atoms with Crippen molar-refractivity contribution in [3.63, 3.8) is 0 Å². The monoisotopic (exact) mass is 413 g/mol. The number of nitrogens with zero attached hydrogens (tertiary/aromatic N) is 3. The second kappa shape index (κ2) is 6.35. The van der Waals surface area contributed by atoms with Gasteiger partial charge in [0.25, 0.3) is 11.5 Å². The summed E-state index contributed by atoms with van der Waals surface area (Å²) in [4.78, 5) is 30.6. The van der Waals surface area contributed by atoms with Crippen molar-refractivity contribution in [3.8, 4) is 10.4 Å². The predicted octanol–water partition coefficient (Wildman–Crippen LogP) is 3.40. The van der Waals surface area contributed by atoms with Crippen molar-refractivity contribution in [2.75, 3.05) is 13.1 Å². The molecule has 1 amide bonds. The van der Waals surface area contributed by atoms with E-state index in [2.05, 4.69) is 4.98 Å². The number of hydrogen-bond donors (Lipinski definition) is 0. The van der Waals surface area contributed by atoms with Crippen LogP contribution in [-0.2, 0) is 11.3 Å². The molecule has 5 nitrogen and oxygen atoms in total. The maximum Gasteiger partial charge on any atom is 0.282 e. The Morgan fingerprint density at radius 2 is 2.07 bits per heavy atom. The lowest BCUT2D eigenvalue weighted by molar-refractivity contribution is -0.166. The van der Waals surface area contributed by atoms with Crippen LogP contribution in [0.4, 0.5) is 13.2 Å². The standard InChI is InChI=1S/C17H11ClF3N3O2S/c18-10-3-9(1-2-11(10)19)15-14-12(5-27-15)22-8-23(16(14)26)4-13(25)24-6-17(20,21)7-24/h1-3,5,8H,4,6-7H2. The van der Waals surface area contributed by atoms with Crippen molar-refractivity contribution < 1.29 is 18.0 Å². The van der Waals surface area contributed by atoms with E-state index in [0.29, 0.717) is 16.0 Å². The molecule has 0 N–H and O–H groups in total. The van der Waals surface area contributed by atoms with Gasteiger partial charge in [-0.3, -0.25) is 14.2 Å². The third-order valence-corrected chi connectivity index (χ3v) is 5.57. The van der Waals surface area contributed by atoms with Crippen molar-refractivity contribution >= 4 is 39.7 Å². The molecule has 1 fully saturated rings. The van der Waals surface area contributed by atoms with Crippen LogP contribution in [0.25, 0.3) is 21.3 Å². The molecule has 0 aliphatic carbocycles. The van der Waals surface area contributed by atoms with E-state index in [0.717, 1.165) is 9.47 Å². The highest BCUT2D eigenvalue weighted by Crippen LogP contribution is 2.34. The van der Waals surface area contributed by atoms with Crippen molar-refractivity contribution in [1.29, 1.82) is 0 Å². The first-order valence-corrected chi connectivity index (χ1v) is 9.08.